The Balaban J connectivity index is 1.40. The first kappa shape index (κ1) is 23.1. The number of hydrogen-bond donors (Lipinski definition) is 0. The van der Waals surface area contributed by atoms with E-state index in [0.717, 1.165) is 12.8 Å². The molecule has 4 rings (SSSR count). The number of rotatable bonds is 4. The summed E-state index contributed by atoms with van der Waals surface area (Å²) in [5.41, 5.74) is 0.609. The second-order valence-corrected chi connectivity index (χ2v) is 9.60. The second kappa shape index (κ2) is 10.2. The summed E-state index contributed by atoms with van der Waals surface area (Å²) < 4.78 is 0. The molecule has 1 saturated carbocycles. The van der Waals surface area contributed by atoms with Gasteiger partial charge in [-0.1, -0.05) is 30.5 Å². The molecule has 32 heavy (non-hydrogen) atoms. The standard InChI is InChI=1S/C24H33ClN4O3/c1-18(30)26-9-13-29(14-10-26)24(32)22(19-5-2-3-6-19)27-11-15-28(16-12-27)23(31)20-7-4-8-21(25)17-20/h4,7-8,17,19,22H,2-3,5-6,9-16H2,1H3. The summed E-state index contributed by atoms with van der Waals surface area (Å²) in [7, 11) is 0. The van der Waals surface area contributed by atoms with Crippen LogP contribution >= 0.6 is 11.6 Å². The summed E-state index contributed by atoms with van der Waals surface area (Å²) in [5, 5.41) is 0.561. The van der Waals surface area contributed by atoms with Gasteiger partial charge in [0.1, 0.15) is 0 Å². The molecular formula is C24H33ClN4O3. The number of hydrogen-bond acceptors (Lipinski definition) is 4. The van der Waals surface area contributed by atoms with E-state index in [9.17, 15) is 14.4 Å². The lowest BCUT2D eigenvalue weighted by atomic mass is 9.94. The van der Waals surface area contributed by atoms with E-state index in [1.165, 1.54) is 12.8 Å². The van der Waals surface area contributed by atoms with Gasteiger partial charge in [-0.05, 0) is 37.0 Å². The summed E-state index contributed by atoms with van der Waals surface area (Å²) >= 11 is 6.06. The van der Waals surface area contributed by atoms with Gasteiger partial charge in [0.25, 0.3) is 5.91 Å². The highest BCUT2D eigenvalue weighted by Crippen LogP contribution is 2.32. The Hall–Kier alpha value is -2.12. The van der Waals surface area contributed by atoms with Crippen LogP contribution in [0.3, 0.4) is 0 Å². The minimum Gasteiger partial charge on any atom is -0.339 e. The van der Waals surface area contributed by atoms with Crippen molar-refractivity contribution in [3.8, 4) is 0 Å². The van der Waals surface area contributed by atoms with Gasteiger partial charge in [0, 0.05) is 69.9 Å². The highest BCUT2D eigenvalue weighted by Gasteiger charge is 2.40. The summed E-state index contributed by atoms with van der Waals surface area (Å²) in [6.45, 7) is 6.65. The number of halogens is 1. The third-order valence-electron chi connectivity index (χ3n) is 7.20. The Morgan fingerprint density at radius 3 is 2.06 bits per heavy atom. The van der Waals surface area contributed by atoms with E-state index < -0.39 is 0 Å². The molecule has 0 bridgehead atoms. The fraction of sp³-hybridized carbons (Fsp3) is 0.625. The predicted molar refractivity (Wildman–Crippen MR) is 124 cm³/mol. The zero-order valence-corrected chi connectivity index (χ0v) is 19.6. The summed E-state index contributed by atoms with van der Waals surface area (Å²) in [6.07, 6.45) is 4.54. The van der Waals surface area contributed by atoms with Gasteiger partial charge in [-0.3, -0.25) is 19.3 Å². The molecule has 2 saturated heterocycles. The van der Waals surface area contributed by atoms with E-state index in [-0.39, 0.29) is 23.8 Å². The Morgan fingerprint density at radius 2 is 1.47 bits per heavy atom. The molecule has 7 nitrogen and oxygen atoms in total. The van der Waals surface area contributed by atoms with Gasteiger partial charge in [0.05, 0.1) is 6.04 Å². The van der Waals surface area contributed by atoms with Crippen LogP contribution in [0.5, 0.6) is 0 Å². The Kier molecular flexibility index (Phi) is 7.36. The summed E-state index contributed by atoms with van der Waals surface area (Å²) in [5.74, 6) is 0.652. The molecule has 1 aromatic carbocycles. The molecule has 8 heteroatoms. The molecule has 1 unspecified atom stereocenters. The molecule has 174 valence electrons. The van der Waals surface area contributed by atoms with Gasteiger partial charge in [0.2, 0.25) is 11.8 Å². The molecule has 1 aromatic rings. The Morgan fingerprint density at radius 1 is 0.875 bits per heavy atom. The lowest BCUT2D eigenvalue weighted by Crippen LogP contribution is -2.60. The van der Waals surface area contributed by atoms with Crippen LogP contribution in [0.2, 0.25) is 5.02 Å². The zero-order chi connectivity index (χ0) is 22.7. The average Bonchev–Trinajstić information content (AvgIpc) is 3.33. The average molecular weight is 461 g/mol. The molecule has 3 fully saturated rings. The van der Waals surface area contributed by atoms with Crippen LogP contribution in [-0.2, 0) is 9.59 Å². The Bertz CT molecular complexity index is 841. The maximum Gasteiger partial charge on any atom is 0.253 e. The lowest BCUT2D eigenvalue weighted by molar-refractivity contribution is -0.144. The number of nitrogens with zero attached hydrogens (tertiary/aromatic N) is 4. The second-order valence-electron chi connectivity index (χ2n) is 9.16. The topological polar surface area (TPSA) is 64.2 Å². The van der Waals surface area contributed by atoms with Gasteiger partial charge in [0.15, 0.2) is 0 Å². The van der Waals surface area contributed by atoms with Crippen molar-refractivity contribution in [3.63, 3.8) is 0 Å². The fourth-order valence-corrected chi connectivity index (χ4v) is 5.56. The van der Waals surface area contributed by atoms with Gasteiger partial charge in [-0.15, -0.1) is 0 Å². The fourth-order valence-electron chi connectivity index (χ4n) is 5.37. The predicted octanol–water partition coefficient (Wildman–Crippen LogP) is 2.35. The maximum absolute atomic E-state index is 13.6. The number of piperazine rings is 2. The van der Waals surface area contributed by atoms with Gasteiger partial charge >= 0.3 is 0 Å². The molecule has 0 aromatic heterocycles. The highest BCUT2D eigenvalue weighted by atomic mass is 35.5. The van der Waals surface area contributed by atoms with Crippen molar-refractivity contribution in [2.45, 2.75) is 38.6 Å². The zero-order valence-electron chi connectivity index (χ0n) is 18.8. The van der Waals surface area contributed by atoms with E-state index >= 15 is 0 Å². The van der Waals surface area contributed by atoms with Gasteiger partial charge < -0.3 is 14.7 Å². The third kappa shape index (κ3) is 5.09. The van der Waals surface area contributed by atoms with Crippen molar-refractivity contribution in [1.29, 1.82) is 0 Å². The molecule has 3 aliphatic rings. The van der Waals surface area contributed by atoms with E-state index in [4.69, 9.17) is 11.6 Å². The normalized spacial score (nSPS) is 21.6. The van der Waals surface area contributed by atoms with Gasteiger partial charge in [-0.25, -0.2) is 0 Å². The lowest BCUT2D eigenvalue weighted by Gasteiger charge is -2.44. The van der Waals surface area contributed by atoms with E-state index in [2.05, 4.69) is 4.90 Å². The van der Waals surface area contributed by atoms with Crippen LogP contribution in [0, 0.1) is 5.92 Å². The first-order valence-electron chi connectivity index (χ1n) is 11.8. The van der Waals surface area contributed by atoms with Crippen molar-refractivity contribution in [2.75, 3.05) is 52.4 Å². The molecule has 1 aliphatic carbocycles. The molecule has 0 N–H and O–H groups in total. The van der Waals surface area contributed by atoms with Crippen LogP contribution in [-0.4, -0.2) is 95.7 Å². The molecule has 1 atom stereocenters. The van der Waals surface area contributed by atoms with Crippen molar-refractivity contribution < 1.29 is 14.4 Å². The van der Waals surface area contributed by atoms with E-state index in [0.29, 0.717) is 68.9 Å². The minimum absolute atomic E-state index is 0.00347. The molecule has 0 spiro atoms. The van der Waals surface area contributed by atoms with Crippen LogP contribution in [0.1, 0.15) is 43.0 Å². The molecular weight excluding hydrogens is 428 g/mol. The van der Waals surface area contributed by atoms with Crippen LogP contribution < -0.4 is 0 Å². The van der Waals surface area contributed by atoms with Crippen molar-refractivity contribution in [3.05, 3.63) is 34.9 Å². The first-order chi connectivity index (χ1) is 15.4. The van der Waals surface area contributed by atoms with E-state index in [1.54, 1.807) is 31.2 Å². The number of amides is 3. The van der Waals surface area contributed by atoms with Crippen LogP contribution in [0.15, 0.2) is 24.3 Å². The quantitative estimate of drug-likeness (QED) is 0.691. The summed E-state index contributed by atoms with van der Waals surface area (Å²) in [6, 6.07) is 6.95. The van der Waals surface area contributed by atoms with Crippen molar-refractivity contribution in [2.24, 2.45) is 5.92 Å². The van der Waals surface area contributed by atoms with Crippen LogP contribution in [0.25, 0.3) is 0 Å². The number of carbonyl (C=O) groups excluding carboxylic acids is 3. The molecule has 2 aliphatic heterocycles. The molecule has 0 radical (unpaired) electrons. The monoisotopic (exact) mass is 460 g/mol. The maximum atomic E-state index is 13.6. The molecule has 3 amide bonds. The smallest absolute Gasteiger partial charge is 0.253 e. The number of carbonyl (C=O) groups is 3. The minimum atomic E-state index is -0.121. The van der Waals surface area contributed by atoms with Gasteiger partial charge in [-0.2, -0.15) is 0 Å². The van der Waals surface area contributed by atoms with Crippen molar-refractivity contribution >= 4 is 29.3 Å². The highest BCUT2D eigenvalue weighted by molar-refractivity contribution is 6.30. The first-order valence-corrected chi connectivity index (χ1v) is 12.1. The Labute approximate surface area is 195 Å². The number of benzene rings is 1. The van der Waals surface area contributed by atoms with E-state index in [1.807, 2.05) is 14.7 Å². The van der Waals surface area contributed by atoms with Crippen LogP contribution in [0.4, 0.5) is 0 Å². The molecule has 2 heterocycles. The summed E-state index contributed by atoms with van der Waals surface area (Å²) in [4.78, 5) is 46.1. The SMILES string of the molecule is CC(=O)N1CCN(C(=O)C(C2CCCC2)N2CCN(C(=O)c3cccc(Cl)c3)CC2)CC1. The van der Waals surface area contributed by atoms with Crippen molar-refractivity contribution in [1.82, 2.24) is 19.6 Å². The largest absolute Gasteiger partial charge is 0.339 e. The third-order valence-corrected chi connectivity index (χ3v) is 7.44.